The van der Waals surface area contributed by atoms with Crippen LogP contribution in [0.1, 0.15) is 66.4 Å². The van der Waals surface area contributed by atoms with E-state index in [4.69, 9.17) is 9.47 Å². The summed E-state index contributed by atoms with van der Waals surface area (Å²) in [5.74, 6) is -4.01. The number of hydrogen-bond donors (Lipinski definition) is 2. The van der Waals surface area contributed by atoms with Crippen molar-refractivity contribution in [3.8, 4) is 0 Å². The molecule has 0 fully saturated rings. The Morgan fingerprint density at radius 1 is 0.690 bits per heavy atom. The van der Waals surface area contributed by atoms with Crippen molar-refractivity contribution < 1.29 is 38.9 Å². The Bertz CT molecular complexity index is 884. The highest BCUT2D eigenvalue weighted by atomic mass is 16.5. The van der Waals surface area contributed by atoms with E-state index in [1.165, 1.54) is 24.3 Å². The Kier molecular flexibility index (Phi) is 7.08. The number of carboxylic acids is 2. The summed E-state index contributed by atoms with van der Waals surface area (Å²) in [6.07, 6.45) is 0.235. The molecule has 0 unspecified atom stereocenters. The second kappa shape index (κ2) is 9.50. The molecule has 0 amide bonds. The summed E-state index contributed by atoms with van der Waals surface area (Å²) < 4.78 is 9.83. The van der Waals surface area contributed by atoms with Crippen LogP contribution in [-0.2, 0) is 15.9 Å². The molecule has 2 aromatic carbocycles. The molecule has 0 heterocycles. The third-order valence-corrected chi connectivity index (χ3v) is 4.03. The predicted octanol–water partition coefficient (Wildman–Crippen LogP) is 3.03. The lowest BCUT2D eigenvalue weighted by Crippen LogP contribution is -2.13. The molecule has 0 bridgehead atoms. The van der Waals surface area contributed by atoms with Gasteiger partial charge in [0.15, 0.2) is 0 Å². The number of esters is 2. The molecule has 8 heteroatoms. The molecular weight excluding hydrogens is 380 g/mol. The lowest BCUT2D eigenvalue weighted by atomic mass is 9.96. The second-order valence-electron chi connectivity index (χ2n) is 5.99. The highest BCUT2D eigenvalue weighted by Gasteiger charge is 2.20. The van der Waals surface area contributed by atoms with Gasteiger partial charge in [-0.3, -0.25) is 0 Å². The number of benzene rings is 2. The Labute approximate surface area is 166 Å². The fraction of sp³-hybridized carbons (Fsp3) is 0.238. The van der Waals surface area contributed by atoms with Gasteiger partial charge in [0.2, 0.25) is 0 Å². The van der Waals surface area contributed by atoms with Gasteiger partial charge in [0, 0.05) is 0 Å². The van der Waals surface area contributed by atoms with Crippen molar-refractivity contribution in [2.45, 2.75) is 20.3 Å². The van der Waals surface area contributed by atoms with Gasteiger partial charge in [-0.25, -0.2) is 19.2 Å². The molecule has 0 radical (unpaired) electrons. The van der Waals surface area contributed by atoms with Gasteiger partial charge in [0.1, 0.15) is 0 Å². The van der Waals surface area contributed by atoms with Crippen LogP contribution in [0.25, 0.3) is 0 Å². The number of carbonyl (C=O) groups excluding carboxylic acids is 2. The van der Waals surface area contributed by atoms with Crippen LogP contribution in [0.5, 0.6) is 0 Å². The quantitative estimate of drug-likeness (QED) is 0.647. The first kappa shape index (κ1) is 21.6. The fourth-order valence-electron chi connectivity index (χ4n) is 2.77. The molecule has 0 aliphatic heterocycles. The van der Waals surface area contributed by atoms with Gasteiger partial charge in [-0.05, 0) is 55.7 Å². The number of ether oxygens (including phenoxy) is 2. The molecule has 0 aromatic heterocycles. The molecule has 29 heavy (non-hydrogen) atoms. The Morgan fingerprint density at radius 3 is 1.38 bits per heavy atom. The molecule has 0 saturated carbocycles. The van der Waals surface area contributed by atoms with Crippen LogP contribution in [-0.4, -0.2) is 47.3 Å². The van der Waals surface area contributed by atoms with E-state index in [-0.39, 0.29) is 41.9 Å². The zero-order chi connectivity index (χ0) is 21.6. The summed E-state index contributed by atoms with van der Waals surface area (Å²) in [4.78, 5) is 46.9. The first-order valence-electron chi connectivity index (χ1n) is 8.85. The first-order valence-corrected chi connectivity index (χ1v) is 8.85. The van der Waals surface area contributed by atoms with Gasteiger partial charge < -0.3 is 19.7 Å². The molecule has 2 rings (SSSR count). The molecule has 2 aromatic rings. The second-order valence-corrected chi connectivity index (χ2v) is 5.99. The van der Waals surface area contributed by atoms with Crippen molar-refractivity contribution in [1.82, 2.24) is 0 Å². The van der Waals surface area contributed by atoms with Crippen molar-refractivity contribution in [3.63, 3.8) is 0 Å². The lowest BCUT2D eigenvalue weighted by Gasteiger charge is -2.11. The van der Waals surface area contributed by atoms with Crippen LogP contribution in [0, 0.1) is 0 Å². The zero-order valence-electron chi connectivity index (χ0n) is 15.9. The van der Waals surface area contributed by atoms with Gasteiger partial charge in [0.25, 0.3) is 0 Å². The fourth-order valence-corrected chi connectivity index (χ4v) is 2.77. The van der Waals surface area contributed by atoms with Crippen LogP contribution in [0.3, 0.4) is 0 Å². The highest BCUT2D eigenvalue weighted by Crippen LogP contribution is 2.20. The first-order chi connectivity index (χ1) is 13.8. The minimum absolute atomic E-state index is 0.0791. The Morgan fingerprint density at radius 2 is 1.07 bits per heavy atom. The van der Waals surface area contributed by atoms with Gasteiger partial charge in [-0.1, -0.05) is 12.1 Å². The summed E-state index contributed by atoms with van der Waals surface area (Å²) in [6, 6.07) is 8.53. The summed E-state index contributed by atoms with van der Waals surface area (Å²) in [5.41, 5.74) is 0.669. The lowest BCUT2D eigenvalue weighted by molar-refractivity contribution is 0.0509. The molecule has 2 N–H and O–H groups in total. The van der Waals surface area contributed by atoms with Crippen LogP contribution in [0.2, 0.25) is 0 Å². The molecule has 0 aliphatic rings. The van der Waals surface area contributed by atoms with Crippen molar-refractivity contribution in [2.75, 3.05) is 13.2 Å². The SMILES string of the molecule is CCOC(=O)c1cc(Cc2ccc(C(=O)O)c(C(=O)OCC)c2)ccc1C(=O)O. The minimum atomic E-state index is -1.25. The van der Waals surface area contributed by atoms with E-state index in [1.54, 1.807) is 26.0 Å². The smallest absolute Gasteiger partial charge is 0.339 e. The van der Waals surface area contributed by atoms with Crippen molar-refractivity contribution >= 4 is 23.9 Å². The van der Waals surface area contributed by atoms with E-state index < -0.39 is 23.9 Å². The van der Waals surface area contributed by atoms with E-state index in [9.17, 15) is 29.4 Å². The average Bonchev–Trinajstić information content (AvgIpc) is 2.67. The monoisotopic (exact) mass is 400 g/mol. The van der Waals surface area contributed by atoms with Gasteiger partial charge >= 0.3 is 23.9 Å². The Balaban J connectivity index is 2.43. The van der Waals surface area contributed by atoms with E-state index in [0.717, 1.165) is 0 Å². The zero-order valence-corrected chi connectivity index (χ0v) is 15.9. The molecule has 152 valence electrons. The predicted molar refractivity (Wildman–Crippen MR) is 102 cm³/mol. The number of aromatic carboxylic acids is 2. The maximum Gasteiger partial charge on any atom is 0.339 e. The van der Waals surface area contributed by atoms with Crippen molar-refractivity contribution in [3.05, 3.63) is 69.8 Å². The van der Waals surface area contributed by atoms with Crippen LogP contribution >= 0.6 is 0 Å². The summed E-state index contributed by atoms with van der Waals surface area (Å²) in [7, 11) is 0. The van der Waals surface area contributed by atoms with Gasteiger partial charge in [-0.15, -0.1) is 0 Å². The number of rotatable bonds is 8. The Hall–Kier alpha value is -3.68. The molecular formula is C21H20O8. The van der Waals surface area contributed by atoms with Crippen LogP contribution in [0.15, 0.2) is 36.4 Å². The summed E-state index contributed by atoms with van der Waals surface area (Å²) in [5, 5.41) is 18.6. The van der Waals surface area contributed by atoms with Gasteiger partial charge in [-0.2, -0.15) is 0 Å². The van der Waals surface area contributed by atoms with E-state index >= 15 is 0 Å². The third kappa shape index (κ3) is 5.19. The standard InChI is InChI=1S/C21H20O8/c1-3-28-20(26)16-10-12(5-7-14(16)18(22)23)9-13-6-8-15(19(24)25)17(11-13)21(27)29-4-2/h5-8,10-11H,3-4,9H2,1-2H3,(H,22,23)(H,24,25). The summed E-state index contributed by atoms with van der Waals surface area (Å²) in [6.45, 7) is 3.43. The van der Waals surface area contributed by atoms with E-state index in [2.05, 4.69) is 0 Å². The van der Waals surface area contributed by atoms with Gasteiger partial charge in [0.05, 0.1) is 35.5 Å². The number of hydrogen-bond acceptors (Lipinski definition) is 6. The average molecular weight is 400 g/mol. The molecule has 0 saturated heterocycles. The van der Waals surface area contributed by atoms with Crippen molar-refractivity contribution in [2.24, 2.45) is 0 Å². The normalized spacial score (nSPS) is 10.3. The summed E-state index contributed by atoms with van der Waals surface area (Å²) >= 11 is 0. The number of carbonyl (C=O) groups is 4. The maximum absolute atomic E-state index is 12.1. The largest absolute Gasteiger partial charge is 0.478 e. The van der Waals surface area contributed by atoms with E-state index in [1.807, 2.05) is 0 Å². The third-order valence-electron chi connectivity index (χ3n) is 4.03. The molecule has 8 nitrogen and oxygen atoms in total. The molecule has 0 atom stereocenters. The number of carboxylic acid groups (broad SMARTS) is 2. The topological polar surface area (TPSA) is 127 Å². The molecule has 0 aliphatic carbocycles. The van der Waals surface area contributed by atoms with Crippen LogP contribution < -0.4 is 0 Å². The highest BCUT2D eigenvalue weighted by molar-refractivity contribution is 6.03. The maximum atomic E-state index is 12.1. The molecule has 0 spiro atoms. The van der Waals surface area contributed by atoms with Crippen molar-refractivity contribution in [1.29, 1.82) is 0 Å². The minimum Gasteiger partial charge on any atom is -0.478 e. The van der Waals surface area contributed by atoms with E-state index in [0.29, 0.717) is 11.1 Å². The van der Waals surface area contributed by atoms with Crippen LogP contribution in [0.4, 0.5) is 0 Å².